The molecule has 0 amide bonds. The summed E-state index contributed by atoms with van der Waals surface area (Å²) in [6, 6.07) is 5.83. The number of carboxylic acids is 1. The van der Waals surface area contributed by atoms with Gasteiger partial charge in [0.05, 0.1) is 12.1 Å². The Morgan fingerprint density at radius 2 is 2.32 bits per heavy atom. The van der Waals surface area contributed by atoms with Crippen molar-refractivity contribution in [3.05, 3.63) is 29.8 Å². The van der Waals surface area contributed by atoms with Crippen LogP contribution in [0, 0.1) is 11.3 Å². The number of nitrogens with zero attached hydrogens (tertiary/aromatic N) is 4. The molecule has 0 aliphatic carbocycles. The first-order valence-electron chi connectivity index (χ1n) is 5.83. The van der Waals surface area contributed by atoms with E-state index < -0.39 is 5.97 Å². The summed E-state index contributed by atoms with van der Waals surface area (Å²) < 4.78 is 1.79. The fraction of sp³-hybridized carbons (Fsp3) is 0.308. The predicted molar refractivity (Wildman–Crippen MR) is 70.2 cm³/mol. The first-order valence-corrected chi connectivity index (χ1v) is 5.83. The molecule has 0 bridgehead atoms. The number of carboxylic acid groups (broad SMARTS) is 1. The number of imidazole rings is 1. The van der Waals surface area contributed by atoms with Gasteiger partial charge in [-0.1, -0.05) is 0 Å². The van der Waals surface area contributed by atoms with Crippen LogP contribution in [-0.2, 0) is 11.2 Å². The molecule has 1 N–H and O–H groups in total. The van der Waals surface area contributed by atoms with E-state index in [0.717, 1.165) is 11.2 Å². The summed E-state index contributed by atoms with van der Waals surface area (Å²) in [5.41, 5.74) is 1.92. The van der Waals surface area contributed by atoms with E-state index in [2.05, 4.69) is 11.1 Å². The fourth-order valence-electron chi connectivity index (χ4n) is 2.02. The van der Waals surface area contributed by atoms with Gasteiger partial charge in [0.1, 0.15) is 17.4 Å². The van der Waals surface area contributed by atoms with Gasteiger partial charge in [0.25, 0.3) is 0 Å². The van der Waals surface area contributed by atoms with Gasteiger partial charge in [-0.25, -0.2) is 4.98 Å². The van der Waals surface area contributed by atoms with Gasteiger partial charge in [0.15, 0.2) is 5.69 Å². The maximum absolute atomic E-state index is 10.6. The Balaban J connectivity index is 2.60. The second-order valence-corrected chi connectivity index (χ2v) is 4.39. The number of hydrogen-bond acceptors (Lipinski definition) is 4. The Hall–Kier alpha value is -2.55. The van der Waals surface area contributed by atoms with E-state index in [1.54, 1.807) is 10.6 Å². The SMILES string of the molecule is CN(C)c1cccn2c(CCC(=O)O)nc(C#N)c12. The number of carbonyl (C=O) groups is 1. The summed E-state index contributed by atoms with van der Waals surface area (Å²) in [7, 11) is 3.78. The topological polar surface area (TPSA) is 81.6 Å². The number of fused-ring (bicyclic) bond motifs is 1. The van der Waals surface area contributed by atoms with Gasteiger partial charge in [-0.05, 0) is 12.1 Å². The minimum Gasteiger partial charge on any atom is -0.481 e. The van der Waals surface area contributed by atoms with Crippen molar-refractivity contribution in [2.24, 2.45) is 0 Å². The normalized spacial score (nSPS) is 10.4. The van der Waals surface area contributed by atoms with Crippen LogP contribution in [0.15, 0.2) is 18.3 Å². The van der Waals surface area contributed by atoms with E-state index in [-0.39, 0.29) is 6.42 Å². The van der Waals surface area contributed by atoms with Crippen LogP contribution < -0.4 is 4.90 Å². The summed E-state index contributed by atoms with van der Waals surface area (Å²) in [5.74, 6) is -0.281. The molecule has 0 aromatic carbocycles. The summed E-state index contributed by atoms with van der Waals surface area (Å²) in [6.07, 6.45) is 2.10. The van der Waals surface area contributed by atoms with E-state index in [1.807, 2.05) is 31.1 Å². The molecular formula is C13H14N4O2. The van der Waals surface area contributed by atoms with E-state index in [4.69, 9.17) is 5.11 Å². The van der Waals surface area contributed by atoms with Crippen molar-refractivity contribution in [1.29, 1.82) is 5.26 Å². The van der Waals surface area contributed by atoms with Crippen LogP contribution >= 0.6 is 0 Å². The lowest BCUT2D eigenvalue weighted by atomic mass is 10.2. The highest BCUT2D eigenvalue weighted by molar-refractivity contribution is 5.78. The Bertz CT molecular complexity index is 667. The van der Waals surface area contributed by atoms with Crippen LogP contribution in [0.2, 0.25) is 0 Å². The summed E-state index contributed by atoms with van der Waals surface area (Å²) in [4.78, 5) is 16.8. The molecule has 2 rings (SSSR count). The molecule has 0 spiro atoms. The number of pyridine rings is 1. The van der Waals surface area contributed by atoms with Crippen molar-refractivity contribution in [3.63, 3.8) is 0 Å². The third-order valence-corrected chi connectivity index (χ3v) is 2.87. The standard InChI is InChI=1S/C13H14N4O2/c1-16(2)10-4-3-7-17-11(5-6-12(18)19)15-9(8-14)13(10)17/h3-4,7H,5-6H2,1-2H3,(H,18,19). The number of hydrogen-bond donors (Lipinski definition) is 1. The Morgan fingerprint density at radius 3 is 2.89 bits per heavy atom. The van der Waals surface area contributed by atoms with Crippen molar-refractivity contribution >= 4 is 17.2 Å². The van der Waals surface area contributed by atoms with E-state index >= 15 is 0 Å². The largest absolute Gasteiger partial charge is 0.481 e. The van der Waals surface area contributed by atoms with Crippen molar-refractivity contribution in [3.8, 4) is 6.07 Å². The highest BCUT2D eigenvalue weighted by Crippen LogP contribution is 2.24. The molecule has 19 heavy (non-hydrogen) atoms. The lowest BCUT2D eigenvalue weighted by Gasteiger charge is -2.14. The van der Waals surface area contributed by atoms with Crippen molar-refractivity contribution in [1.82, 2.24) is 9.38 Å². The third kappa shape index (κ3) is 2.36. The van der Waals surface area contributed by atoms with Crippen LogP contribution in [0.4, 0.5) is 5.69 Å². The second-order valence-electron chi connectivity index (χ2n) is 4.39. The zero-order valence-corrected chi connectivity index (χ0v) is 10.8. The molecule has 6 nitrogen and oxygen atoms in total. The smallest absolute Gasteiger partial charge is 0.303 e. The number of aromatic nitrogens is 2. The minimum absolute atomic E-state index is 0.00380. The molecule has 0 atom stereocenters. The molecule has 0 radical (unpaired) electrons. The van der Waals surface area contributed by atoms with E-state index in [0.29, 0.717) is 17.9 Å². The monoisotopic (exact) mass is 258 g/mol. The number of aliphatic carboxylic acids is 1. The van der Waals surface area contributed by atoms with E-state index in [1.165, 1.54) is 0 Å². The molecule has 0 fully saturated rings. The van der Waals surface area contributed by atoms with Crippen LogP contribution in [0.1, 0.15) is 17.9 Å². The second kappa shape index (κ2) is 4.98. The fourth-order valence-corrected chi connectivity index (χ4v) is 2.02. The van der Waals surface area contributed by atoms with Crippen LogP contribution in [-0.4, -0.2) is 34.6 Å². The lowest BCUT2D eigenvalue weighted by molar-refractivity contribution is -0.137. The molecule has 2 aromatic rings. The van der Waals surface area contributed by atoms with Crippen molar-refractivity contribution in [2.45, 2.75) is 12.8 Å². The third-order valence-electron chi connectivity index (χ3n) is 2.87. The van der Waals surface area contributed by atoms with Gasteiger partial charge in [-0.3, -0.25) is 4.79 Å². The zero-order chi connectivity index (χ0) is 14.0. The van der Waals surface area contributed by atoms with Gasteiger partial charge < -0.3 is 14.4 Å². The van der Waals surface area contributed by atoms with Gasteiger partial charge in [-0.2, -0.15) is 5.26 Å². The van der Waals surface area contributed by atoms with Crippen LogP contribution in [0.5, 0.6) is 0 Å². The molecule has 98 valence electrons. The maximum Gasteiger partial charge on any atom is 0.303 e. The molecule has 2 heterocycles. The number of aryl methyl sites for hydroxylation is 1. The highest BCUT2D eigenvalue weighted by atomic mass is 16.4. The van der Waals surface area contributed by atoms with Gasteiger partial charge in [0, 0.05) is 26.7 Å². The highest BCUT2D eigenvalue weighted by Gasteiger charge is 2.15. The van der Waals surface area contributed by atoms with Crippen molar-refractivity contribution in [2.75, 3.05) is 19.0 Å². The maximum atomic E-state index is 10.6. The Morgan fingerprint density at radius 1 is 1.58 bits per heavy atom. The lowest BCUT2D eigenvalue weighted by Crippen LogP contribution is -2.10. The molecule has 0 aliphatic rings. The van der Waals surface area contributed by atoms with Crippen LogP contribution in [0.3, 0.4) is 0 Å². The quantitative estimate of drug-likeness (QED) is 0.893. The molecular weight excluding hydrogens is 244 g/mol. The molecule has 0 unspecified atom stereocenters. The zero-order valence-electron chi connectivity index (χ0n) is 10.8. The average molecular weight is 258 g/mol. The summed E-state index contributed by atoms with van der Waals surface area (Å²) in [5, 5.41) is 17.9. The summed E-state index contributed by atoms with van der Waals surface area (Å²) >= 11 is 0. The molecule has 0 saturated carbocycles. The van der Waals surface area contributed by atoms with Gasteiger partial charge in [-0.15, -0.1) is 0 Å². The van der Waals surface area contributed by atoms with E-state index in [9.17, 15) is 10.1 Å². The first kappa shape index (κ1) is 12.9. The van der Waals surface area contributed by atoms with Gasteiger partial charge in [0.2, 0.25) is 0 Å². The number of rotatable bonds is 4. The molecule has 0 saturated heterocycles. The van der Waals surface area contributed by atoms with Crippen LogP contribution in [0.25, 0.3) is 5.52 Å². The first-order chi connectivity index (χ1) is 9.04. The molecule has 2 aromatic heterocycles. The molecule has 0 aliphatic heterocycles. The Kier molecular flexibility index (Phi) is 3.38. The number of anilines is 1. The predicted octanol–water partition coefficient (Wildman–Crippen LogP) is 1.29. The minimum atomic E-state index is -0.876. The molecule has 6 heteroatoms. The average Bonchev–Trinajstić information content (AvgIpc) is 2.74. The Labute approximate surface area is 110 Å². The van der Waals surface area contributed by atoms with Crippen molar-refractivity contribution < 1.29 is 9.90 Å². The number of nitriles is 1. The van der Waals surface area contributed by atoms with Gasteiger partial charge >= 0.3 is 5.97 Å². The summed E-state index contributed by atoms with van der Waals surface area (Å²) in [6.45, 7) is 0.